The van der Waals surface area contributed by atoms with Crippen LogP contribution >= 0.6 is 11.6 Å². The van der Waals surface area contributed by atoms with Gasteiger partial charge in [-0.3, -0.25) is 4.98 Å². The number of esters is 1. The zero-order valence-corrected chi connectivity index (χ0v) is 12.6. The normalized spacial score (nSPS) is 10.2. The Labute approximate surface area is 129 Å². The Balaban J connectivity index is 1.89. The number of anilines is 1. The molecule has 0 saturated heterocycles. The maximum Gasteiger partial charge on any atom is 0.339 e. The van der Waals surface area contributed by atoms with Crippen LogP contribution in [0.3, 0.4) is 0 Å². The van der Waals surface area contributed by atoms with E-state index in [1.807, 2.05) is 24.3 Å². The molecule has 1 heterocycles. The van der Waals surface area contributed by atoms with Crippen molar-refractivity contribution in [1.29, 1.82) is 0 Å². The van der Waals surface area contributed by atoms with Crippen molar-refractivity contribution in [3.8, 4) is 0 Å². The SMILES string of the molecule is CCOC(=O)c1cncc(NCCc2ccc(Cl)cc2)c1. The predicted molar refractivity (Wildman–Crippen MR) is 83.8 cm³/mol. The van der Waals surface area contributed by atoms with Gasteiger partial charge >= 0.3 is 5.97 Å². The molecule has 0 saturated carbocycles. The molecule has 2 rings (SSSR count). The molecule has 0 fully saturated rings. The Morgan fingerprint density at radius 3 is 2.76 bits per heavy atom. The summed E-state index contributed by atoms with van der Waals surface area (Å²) in [6.45, 7) is 2.88. The zero-order chi connectivity index (χ0) is 15.1. The summed E-state index contributed by atoms with van der Waals surface area (Å²) < 4.78 is 4.95. The first-order valence-corrected chi connectivity index (χ1v) is 7.17. The maximum atomic E-state index is 11.6. The van der Waals surface area contributed by atoms with Crippen LogP contribution < -0.4 is 5.32 Å². The lowest BCUT2D eigenvalue weighted by Gasteiger charge is -2.08. The second-order valence-electron chi connectivity index (χ2n) is 4.49. The second kappa shape index (κ2) is 7.64. The van der Waals surface area contributed by atoms with E-state index in [1.54, 1.807) is 19.2 Å². The minimum Gasteiger partial charge on any atom is -0.462 e. The smallest absolute Gasteiger partial charge is 0.339 e. The summed E-state index contributed by atoms with van der Waals surface area (Å²) in [4.78, 5) is 15.7. The van der Waals surface area contributed by atoms with E-state index in [2.05, 4.69) is 10.3 Å². The molecule has 21 heavy (non-hydrogen) atoms. The van der Waals surface area contributed by atoms with Gasteiger partial charge in [-0.15, -0.1) is 0 Å². The second-order valence-corrected chi connectivity index (χ2v) is 4.92. The largest absolute Gasteiger partial charge is 0.462 e. The first-order chi connectivity index (χ1) is 10.2. The molecule has 1 N–H and O–H groups in total. The van der Waals surface area contributed by atoms with Crippen molar-refractivity contribution in [3.63, 3.8) is 0 Å². The molecule has 1 aromatic carbocycles. The molecule has 0 bridgehead atoms. The Hall–Kier alpha value is -2.07. The topological polar surface area (TPSA) is 51.2 Å². The molecule has 0 aliphatic heterocycles. The fourth-order valence-electron chi connectivity index (χ4n) is 1.86. The van der Waals surface area contributed by atoms with Gasteiger partial charge in [0.2, 0.25) is 0 Å². The fraction of sp³-hybridized carbons (Fsp3) is 0.250. The Kier molecular flexibility index (Phi) is 5.58. The first kappa shape index (κ1) is 15.3. The fourth-order valence-corrected chi connectivity index (χ4v) is 1.99. The summed E-state index contributed by atoms with van der Waals surface area (Å²) in [6, 6.07) is 9.49. The summed E-state index contributed by atoms with van der Waals surface area (Å²) >= 11 is 5.85. The molecular weight excluding hydrogens is 288 g/mol. The average molecular weight is 305 g/mol. The number of nitrogens with one attached hydrogen (secondary N) is 1. The highest BCUT2D eigenvalue weighted by atomic mass is 35.5. The Bertz CT molecular complexity index is 599. The van der Waals surface area contributed by atoms with Gasteiger partial charge in [-0.1, -0.05) is 23.7 Å². The monoisotopic (exact) mass is 304 g/mol. The van der Waals surface area contributed by atoms with Gasteiger partial charge in [-0.05, 0) is 37.1 Å². The third-order valence-electron chi connectivity index (χ3n) is 2.91. The minimum atomic E-state index is -0.355. The van der Waals surface area contributed by atoms with Crippen LogP contribution in [0, 0.1) is 0 Å². The summed E-state index contributed by atoms with van der Waals surface area (Å²) in [6.07, 6.45) is 4.05. The number of carbonyl (C=O) groups excluding carboxylic acids is 1. The number of nitrogens with zero attached hydrogens (tertiary/aromatic N) is 1. The Morgan fingerprint density at radius 2 is 2.05 bits per heavy atom. The van der Waals surface area contributed by atoms with E-state index in [1.165, 1.54) is 11.8 Å². The highest BCUT2D eigenvalue weighted by molar-refractivity contribution is 6.30. The van der Waals surface area contributed by atoms with Gasteiger partial charge in [-0.25, -0.2) is 4.79 Å². The lowest BCUT2D eigenvalue weighted by atomic mass is 10.1. The van der Waals surface area contributed by atoms with Gasteiger partial charge in [-0.2, -0.15) is 0 Å². The number of halogens is 1. The van der Waals surface area contributed by atoms with Crippen LogP contribution in [-0.2, 0) is 11.2 Å². The van der Waals surface area contributed by atoms with Gasteiger partial charge in [0, 0.05) is 24.0 Å². The summed E-state index contributed by atoms with van der Waals surface area (Å²) in [5.74, 6) is -0.355. The number of aromatic nitrogens is 1. The van der Waals surface area contributed by atoms with E-state index in [-0.39, 0.29) is 5.97 Å². The molecule has 0 atom stereocenters. The summed E-state index contributed by atoms with van der Waals surface area (Å²) in [7, 11) is 0. The van der Waals surface area contributed by atoms with Crippen LogP contribution in [0.25, 0.3) is 0 Å². The first-order valence-electron chi connectivity index (χ1n) is 6.79. The lowest BCUT2D eigenvalue weighted by molar-refractivity contribution is 0.0526. The van der Waals surface area contributed by atoms with Crippen LogP contribution in [0.15, 0.2) is 42.7 Å². The molecule has 4 nitrogen and oxygen atoms in total. The molecule has 5 heteroatoms. The molecule has 0 aliphatic carbocycles. The van der Waals surface area contributed by atoms with Crippen LogP contribution in [0.2, 0.25) is 5.02 Å². The molecule has 2 aromatic rings. The maximum absolute atomic E-state index is 11.6. The van der Waals surface area contributed by atoms with Crippen molar-refractivity contribution in [2.75, 3.05) is 18.5 Å². The van der Waals surface area contributed by atoms with Crippen LogP contribution in [0.4, 0.5) is 5.69 Å². The van der Waals surface area contributed by atoms with Gasteiger partial charge < -0.3 is 10.1 Å². The highest BCUT2D eigenvalue weighted by Gasteiger charge is 2.07. The zero-order valence-electron chi connectivity index (χ0n) is 11.8. The van der Waals surface area contributed by atoms with Crippen molar-refractivity contribution < 1.29 is 9.53 Å². The molecule has 0 radical (unpaired) electrons. The molecule has 0 amide bonds. The standard InChI is InChI=1S/C16H17ClN2O2/c1-2-21-16(20)13-9-15(11-18-10-13)19-8-7-12-3-5-14(17)6-4-12/h3-6,9-11,19H,2,7-8H2,1H3. The van der Waals surface area contributed by atoms with Gasteiger partial charge in [0.15, 0.2) is 0 Å². The number of ether oxygens (including phenoxy) is 1. The predicted octanol–water partition coefficient (Wildman–Crippen LogP) is 3.57. The van der Waals surface area contributed by atoms with Crippen LogP contribution in [0.5, 0.6) is 0 Å². The minimum absolute atomic E-state index is 0.354. The van der Waals surface area contributed by atoms with Crippen molar-refractivity contribution in [2.45, 2.75) is 13.3 Å². The summed E-state index contributed by atoms with van der Waals surface area (Å²) in [5.41, 5.74) is 2.45. The molecular formula is C16H17ClN2O2. The third-order valence-corrected chi connectivity index (χ3v) is 3.16. The molecule has 110 valence electrons. The van der Waals surface area contributed by atoms with E-state index < -0.39 is 0 Å². The number of carbonyl (C=O) groups is 1. The van der Waals surface area contributed by atoms with E-state index >= 15 is 0 Å². The van der Waals surface area contributed by atoms with Gasteiger partial charge in [0.1, 0.15) is 0 Å². The van der Waals surface area contributed by atoms with Crippen LogP contribution in [-0.4, -0.2) is 24.1 Å². The molecule has 0 unspecified atom stereocenters. The van der Waals surface area contributed by atoms with E-state index in [0.29, 0.717) is 12.2 Å². The van der Waals surface area contributed by atoms with Gasteiger partial charge in [0.25, 0.3) is 0 Å². The number of pyridine rings is 1. The van der Waals surface area contributed by atoms with Crippen LogP contribution in [0.1, 0.15) is 22.8 Å². The number of hydrogen-bond donors (Lipinski definition) is 1. The van der Waals surface area contributed by atoms with E-state index in [4.69, 9.17) is 16.3 Å². The average Bonchev–Trinajstić information content (AvgIpc) is 2.50. The van der Waals surface area contributed by atoms with E-state index in [0.717, 1.165) is 23.7 Å². The molecule has 0 aliphatic rings. The van der Waals surface area contributed by atoms with Crippen molar-refractivity contribution >= 4 is 23.3 Å². The molecule has 1 aromatic heterocycles. The molecule has 0 spiro atoms. The Morgan fingerprint density at radius 1 is 1.29 bits per heavy atom. The lowest BCUT2D eigenvalue weighted by Crippen LogP contribution is -2.08. The third kappa shape index (κ3) is 4.76. The van der Waals surface area contributed by atoms with Crippen molar-refractivity contribution in [2.24, 2.45) is 0 Å². The van der Waals surface area contributed by atoms with E-state index in [9.17, 15) is 4.79 Å². The highest BCUT2D eigenvalue weighted by Crippen LogP contribution is 2.12. The number of hydrogen-bond acceptors (Lipinski definition) is 4. The number of benzene rings is 1. The quantitative estimate of drug-likeness (QED) is 0.829. The van der Waals surface area contributed by atoms with Crippen molar-refractivity contribution in [3.05, 3.63) is 58.9 Å². The van der Waals surface area contributed by atoms with Crippen molar-refractivity contribution in [1.82, 2.24) is 4.98 Å². The number of rotatable bonds is 6. The van der Waals surface area contributed by atoms with Gasteiger partial charge in [0.05, 0.1) is 17.9 Å². The summed E-state index contributed by atoms with van der Waals surface area (Å²) in [5, 5.41) is 3.98.